The molecule has 4 aliphatic rings. The van der Waals surface area contributed by atoms with E-state index in [-0.39, 0.29) is 57.8 Å². The van der Waals surface area contributed by atoms with Crippen molar-refractivity contribution in [1.29, 1.82) is 0 Å². The molecule has 7 heterocycles. The summed E-state index contributed by atoms with van der Waals surface area (Å²) in [4.78, 5) is 18.3. The number of alkyl halides is 2. The minimum Gasteiger partial charge on any atom is -0.475 e. The molecule has 43 heavy (non-hydrogen) atoms. The highest BCUT2D eigenvalue weighted by Crippen LogP contribution is 2.45. The molecule has 0 radical (unpaired) electrons. The fourth-order valence-electron chi connectivity index (χ4n) is 7.19. The summed E-state index contributed by atoms with van der Waals surface area (Å²) in [6.07, 6.45) is 2.10. The molecule has 10 nitrogen and oxygen atoms in total. The number of anilines is 1. The highest BCUT2D eigenvalue weighted by Gasteiger charge is 2.46. The van der Waals surface area contributed by atoms with Gasteiger partial charge in [0.2, 0.25) is 5.88 Å². The fourth-order valence-corrected chi connectivity index (χ4v) is 7.19. The van der Waals surface area contributed by atoms with E-state index in [1.54, 1.807) is 0 Å². The number of nitrogens with zero attached hydrogens (tertiary/aromatic N) is 6. The van der Waals surface area contributed by atoms with Crippen molar-refractivity contribution in [2.75, 3.05) is 51.0 Å². The summed E-state index contributed by atoms with van der Waals surface area (Å²) in [7, 11) is 0. The van der Waals surface area contributed by atoms with Crippen LogP contribution >= 0.6 is 0 Å². The first kappa shape index (κ1) is 26.6. The van der Waals surface area contributed by atoms with Gasteiger partial charge in [-0.05, 0) is 38.3 Å². The Morgan fingerprint density at radius 1 is 1.16 bits per heavy atom. The monoisotopic (exact) mass is 593 g/mol. The largest absolute Gasteiger partial charge is 0.475 e. The van der Waals surface area contributed by atoms with Crippen LogP contribution in [-0.4, -0.2) is 87.7 Å². The molecule has 3 saturated heterocycles. The summed E-state index contributed by atoms with van der Waals surface area (Å²) in [5.41, 5.74) is 0.634. The van der Waals surface area contributed by atoms with E-state index in [0.29, 0.717) is 43.1 Å². The third-order valence-electron chi connectivity index (χ3n) is 9.17. The molecule has 13 heteroatoms. The van der Waals surface area contributed by atoms with Crippen molar-refractivity contribution < 1.29 is 27.4 Å². The van der Waals surface area contributed by atoms with Crippen LogP contribution in [0.1, 0.15) is 37.7 Å². The van der Waals surface area contributed by atoms with Crippen LogP contribution in [0.25, 0.3) is 33.1 Å². The second kappa shape index (κ2) is 10.1. The van der Waals surface area contributed by atoms with Gasteiger partial charge in [-0.1, -0.05) is 18.2 Å². The second-order valence-corrected chi connectivity index (χ2v) is 11.8. The molecule has 3 aromatic heterocycles. The molecule has 224 valence electrons. The van der Waals surface area contributed by atoms with Crippen molar-refractivity contribution in [3.05, 3.63) is 41.9 Å². The van der Waals surface area contributed by atoms with Crippen LogP contribution in [-0.2, 0) is 4.74 Å². The summed E-state index contributed by atoms with van der Waals surface area (Å²) in [5, 5.41) is 7.37. The maximum Gasteiger partial charge on any atom is 0.319 e. The Balaban J connectivity index is 1.32. The number of H-pyrrole nitrogens is 1. The van der Waals surface area contributed by atoms with Crippen LogP contribution in [0, 0.1) is 5.82 Å². The van der Waals surface area contributed by atoms with E-state index >= 15 is 4.39 Å². The molecule has 0 bridgehead atoms. The van der Waals surface area contributed by atoms with Crippen LogP contribution < -0.4 is 14.4 Å². The Labute approximate surface area is 244 Å². The number of pyridine rings is 1. The predicted octanol–water partition coefficient (Wildman–Crippen LogP) is 4.81. The minimum atomic E-state index is -2.88. The first-order valence-corrected chi connectivity index (χ1v) is 14.6. The number of benzene rings is 1. The first-order chi connectivity index (χ1) is 20.9. The Morgan fingerprint density at radius 2 is 2.07 bits per heavy atom. The maximum atomic E-state index is 16.8. The molecule has 3 fully saturated rings. The maximum absolute atomic E-state index is 16.8. The van der Waals surface area contributed by atoms with Gasteiger partial charge in [-0.15, -0.1) is 0 Å². The molecule has 0 aliphatic carbocycles. The lowest BCUT2D eigenvalue weighted by molar-refractivity contribution is 0.108. The highest BCUT2D eigenvalue weighted by atomic mass is 19.3. The third kappa shape index (κ3) is 4.23. The summed E-state index contributed by atoms with van der Waals surface area (Å²) in [6.45, 7) is 8.09. The van der Waals surface area contributed by atoms with Crippen LogP contribution in [0.2, 0.25) is 0 Å². The molecule has 0 saturated carbocycles. The van der Waals surface area contributed by atoms with Crippen LogP contribution in [0.15, 0.2) is 30.5 Å². The lowest BCUT2D eigenvalue weighted by Crippen LogP contribution is -2.43. The van der Waals surface area contributed by atoms with Gasteiger partial charge in [0.25, 0.3) is 6.43 Å². The van der Waals surface area contributed by atoms with Gasteiger partial charge in [0, 0.05) is 36.2 Å². The van der Waals surface area contributed by atoms with E-state index in [1.165, 1.54) is 18.3 Å². The topological polar surface area (TPSA) is 102 Å². The van der Waals surface area contributed by atoms with E-state index < -0.39 is 12.2 Å². The number of fused-ring (bicyclic) bond motifs is 4. The number of ether oxygens (including phenoxy) is 3. The third-order valence-corrected chi connectivity index (χ3v) is 9.17. The van der Waals surface area contributed by atoms with E-state index in [2.05, 4.69) is 31.6 Å². The van der Waals surface area contributed by atoms with Gasteiger partial charge < -0.3 is 19.1 Å². The number of aromatic nitrogens is 5. The molecule has 4 aromatic rings. The average Bonchev–Trinajstić information content (AvgIpc) is 3.61. The van der Waals surface area contributed by atoms with Crippen molar-refractivity contribution in [1.82, 2.24) is 30.0 Å². The van der Waals surface area contributed by atoms with Gasteiger partial charge in [0.05, 0.1) is 29.9 Å². The number of rotatable bonds is 5. The smallest absolute Gasteiger partial charge is 0.319 e. The Kier molecular flexibility index (Phi) is 6.23. The van der Waals surface area contributed by atoms with Gasteiger partial charge in [0.15, 0.2) is 5.82 Å². The molecule has 0 spiro atoms. The molecule has 1 aromatic carbocycles. The van der Waals surface area contributed by atoms with Crippen molar-refractivity contribution in [3.8, 4) is 23.1 Å². The van der Waals surface area contributed by atoms with Crippen molar-refractivity contribution >= 4 is 27.6 Å². The molecule has 2 atom stereocenters. The van der Waals surface area contributed by atoms with E-state index in [9.17, 15) is 8.78 Å². The lowest BCUT2D eigenvalue weighted by Gasteiger charge is -2.31. The van der Waals surface area contributed by atoms with Crippen LogP contribution in [0.3, 0.4) is 0 Å². The van der Waals surface area contributed by atoms with E-state index in [4.69, 9.17) is 19.2 Å². The van der Waals surface area contributed by atoms with Gasteiger partial charge in [-0.25, -0.2) is 18.2 Å². The average molecular weight is 594 g/mol. The number of hydrogen-bond acceptors (Lipinski definition) is 9. The SMILES string of the molecule is C=C1CN2CCC[C@@]2(COc2nc3c4c(nc(-c5c(C(F)F)ccc6[nH]ncc56)c(F)c4n2)OC[C@@H]2COCCCN32)C1. The van der Waals surface area contributed by atoms with Crippen molar-refractivity contribution in [3.63, 3.8) is 0 Å². The molecule has 0 unspecified atom stereocenters. The fraction of sp³-hybridized carbons (Fsp3) is 0.467. The Hall–Kier alpha value is -3.97. The summed E-state index contributed by atoms with van der Waals surface area (Å²) in [5.74, 6) is -0.339. The predicted molar refractivity (Wildman–Crippen MR) is 152 cm³/mol. The van der Waals surface area contributed by atoms with Crippen molar-refractivity contribution in [2.45, 2.75) is 43.7 Å². The number of aromatic amines is 1. The van der Waals surface area contributed by atoms with Gasteiger partial charge >= 0.3 is 6.01 Å². The van der Waals surface area contributed by atoms with Gasteiger partial charge in [-0.2, -0.15) is 15.1 Å². The molecule has 4 aliphatic heterocycles. The zero-order chi connectivity index (χ0) is 29.3. The Bertz CT molecular complexity index is 1760. The molecule has 1 N–H and O–H groups in total. The van der Waals surface area contributed by atoms with Crippen molar-refractivity contribution in [2.24, 2.45) is 0 Å². The summed E-state index contributed by atoms with van der Waals surface area (Å²) < 4.78 is 63.7. The highest BCUT2D eigenvalue weighted by molar-refractivity contribution is 6.01. The molecule has 8 rings (SSSR count). The second-order valence-electron chi connectivity index (χ2n) is 11.8. The number of hydrogen-bond donors (Lipinski definition) is 1. The molecule has 0 amide bonds. The van der Waals surface area contributed by atoms with Gasteiger partial charge in [0.1, 0.15) is 35.6 Å². The van der Waals surface area contributed by atoms with Crippen LogP contribution in [0.4, 0.5) is 19.0 Å². The quantitative estimate of drug-likeness (QED) is 0.327. The standard InChI is InChI=1S/C30H30F3N7O3/c1-16-10-30(6-2-7-39(30)12-16)15-43-29-36-25-22-27(37-29)40-8-3-9-41-13-17(40)14-42-28(22)35-24(23(25)31)21-18(26(32)33)4-5-20-19(21)11-34-38-20/h4-5,11,17,26H,1-3,6-10,12-15H2,(H,34,38)/t17-,30-/m0/s1. The summed E-state index contributed by atoms with van der Waals surface area (Å²) >= 11 is 0. The van der Waals surface area contributed by atoms with Gasteiger partial charge in [-0.3, -0.25) is 10.00 Å². The van der Waals surface area contributed by atoms with E-state index in [1.807, 2.05) is 4.90 Å². The molecular formula is C30H30F3N7O3. The summed E-state index contributed by atoms with van der Waals surface area (Å²) in [6, 6.07) is 2.55. The molecular weight excluding hydrogens is 563 g/mol. The Morgan fingerprint density at radius 3 is 2.95 bits per heavy atom. The first-order valence-electron chi connectivity index (χ1n) is 14.6. The lowest BCUT2D eigenvalue weighted by atomic mass is 9.94. The zero-order valence-electron chi connectivity index (χ0n) is 23.4. The minimum absolute atomic E-state index is 0.0182. The normalized spacial score (nSPS) is 23.9. The van der Waals surface area contributed by atoms with Crippen LogP contribution in [0.5, 0.6) is 11.9 Å². The zero-order valence-corrected chi connectivity index (χ0v) is 23.4. The number of nitrogens with one attached hydrogen (secondary N) is 1. The van der Waals surface area contributed by atoms with E-state index in [0.717, 1.165) is 44.3 Å². The number of halogens is 3.